The van der Waals surface area contributed by atoms with Crippen molar-refractivity contribution in [2.75, 3.05) is 18.0 Å². The van der Waals surface area contributed by atoms with Gasteiger partial charge in [-0.2, -0.15) is 0 Å². The Morgan fingerprint density at radius 3 is 2.42 bits per heavy atom. The summed E-state index contributed by atoms with van der Waals surface area (Å²) in [6.45, 7) is 1.99. The molecule has 2 fully saturated rings. The molecule has 1 amide bonds. The van der Waals surface area contributed by atoms with Crippen molar-refractivity contribution in [1.29, 1.82) is 0 Å². The average Bonchev–Trinajstić information content (AvgIpc) is 3.20. The molecule has 1 saturated carbocycles. The quantitative estimate of drug-likeness (QED) is 0.859. The van der Waals surface area contributed by atoms with Crippen LogP contribution >= 0.6 is 0 Å². The molecule has 4 nitrogen and oxygen atoms in total. The number of hydrogen-bond acceptors (Lipinski definition) is 3. The molecule has 1 aromatic carbocycles. The summed E-state index contributed by atoms with van der Waals surface area (Å²) in [7, 11) is 0. The first-order valence-corrected chi connectivity index (χ1v) is 7.07. The third-order valence-electron chi connectivity index (χ3n) is 4.19. The zero-order valence-electron chi connectivity index (χ0n) is 11.1. The summed E-state index contributed by atoms with van der Waals surface area (Å²) in [5.41, 5.74) is 6.63. The van der Waals surface area contributed by atoms with E-state index in [0.717, 1.165) is 38.8 Å². The number of anilines is 1. The average molecular weight is 259 g/mol. The molecule has 1 heterocycles. The van der Waals surface area contributed by atoms with E-state index in [-0.39, 0.29) is 11.9 Å². The molecule has 1 aromatic rings. The lowest BCUT2D eigenvalue weighted by atomic mass is 10.0. The predicted octanol–water partition coefficient (Wildman–Crippen LogP) is 1.26. The molecule has 2 aliphatic rings. The Kier molecular flexibility index (Phi) is 3.19. The van der Waals surface area contributed by atoms with Crippen LogP contribution in [0.5, 0.6) is 0 Å². The van der Waals surface area contributed by atoms with Crippen LogP contribution in [-0.2, 0) is 4.79 Å². The summed E-state index contributed by atoms with van der Waals surface area (Å²) in [5, 5.41) is 3.10. The maximum absolute atomic E-state index is 11.9. The van der Waals surface area contributed by atoms with Gasteiger partial charge in [-0.1, -0.05) is 18.2 Å². The molecular formula is C15H21N3O. The number of hydrogen-bond donors (Lipinski definition) is 2. The maximum atomic E-state index is 11.9. The third-order valence-corrected chi connectivity index (χ3v) is 4.19. The van der Waals surface area contributed by atoms with E-state index in [9.17, 15) is 4.79 Å². The summed E-state index contributed by atoms with van der Waals surface area (Å²) < 4.78 is 0. The van der Waals surface area contributed by atoms with Gasteiger partial charge in [0.2, 0.25) is 5.91 Å². The third kappa shape index (κ3) is 2.73. The zero-order valence-corrected chi connectivity index (χ0v) is 11.1. The Morgan fingerprint density at radius 1 is 1.21 bits per heavy atom. The number of para-hydroxylation sites is 1. The second-order valence-corrected chi connectivity index (χ2v) is 5.73. The van der Waals surface area contributed by atoms with Crippen molar-refractivity contribution >= 4 is 11.6 Å². The second kappa shape index (κ2) is 4.85. The first-order valence-electron chi connectivity index (χ1n) is 7.07. The van der Waals surface area contributed by atoms with Gasteiger partial charge in [0.05, 0.1) is 5.54 Å². The number of benzene rings is 1. The molecule has 19 heavy (non-hydrogen) atoms. The Morgan fingerprint density at radius 2 is 1.84 bits per heavy atom. The predicted molar refractivity (Wildman–Crippen MR) is 76.0 cm³/mol. The molecule has 0 spiro atoms. The number of carbonyl (C=O) groups is 1. The van der Waals surface area contributed by atoms with E-state index in [1.54, 1.807) is 0 Å². The minimum Gasteiger partial charge on any atom is -0.371 e. The van der Waals surface area contributed by atoms with E-state index in [1.165, 1.54) is 5.69 Å². The highest BCUT2D eigenvalue weighted by atomic mass is 16.2. The van der Waals surface area contributed by atoms with Crippen LogP contribution in [0.3, 0.4) is 0 Å². The van der Waals surface area contributed by atoms with Gasteiger partial charge in [0.1, 0.15) is 0 Å². The number of nitrogens with two attached hydrogens (primary N) is 1. The first-order chi connectivity index (χ1) is 9.17. The Bertz CT molecular complexity index is 448. The number of rotatable bonds is 3. The van der Waals surface area contributed by atoms with Crippen molar-refractivity contribution in [2.24, 2.45) is 5.73 Å². The molecule has 0 atom stereocenters. The van der Waals surface area contributed by atoms with Crippen molar-refractivity contribution in [3.05, 3.63) is 30.3 Å². The normalized spacial score (nSPS) is 22.1. The summed E-state index contributed by atoms with van der Waals surface area (Å²) in [6.07, 6.45) is 3.66. The Balaban J connectivity index is 1.51. The largest absolute Gasteiger partial charge is 0.371 e. The van der Waals surface area contributed by atoms with Gasteiger partial charge < -0.3 is 16.0 Å². The molecule has 0 unspecified atom stereocenters. The van der Waals surface area contributed by atoms with Gasteiger partial charge >= 0.3 is 0 Å². The summed E-state index contributed by atoms with van der Waals surface area (Å²) >= 11 is 0. The van der Waals surface area contributed by atoms with Crippen molar-refractivity contribution in [2.45, 2.75) is 37.3 Å². The number of piperidine rings is 1. The van der Waals surface area contributed by atoms with Crippen LogP contribution < -0.4 is 16.0 Å². The van der Waals surface area contributed by atoms with Crippen molar-refractivity contribution in [3.8, 4) is 0 Å². The molecule has 102 valence electrons. The van der Waals surface area contributed by atoms with Crippen molar-refractivity contribution in [1.82, 2.24) is 5.32 Å². The van der Waals surface area contributed by atoms with E-state index < -0.39 is 5.54 Å². The maximum Gasteiger partial charge on any atom is 0.240 e. The van der Waals surface area contributed by atoms with Gasteiger partial charge in [-0.25, -0.2) is 0 Å². The molecule has 0 radical (unpaired) electrons. The lowest BCUT2D eigenvalue weighted by Gasteiger charge is -2.34. The minimum absolute atomic E-state index is 0.0469. The lowest BCUT2D eigenvalue weighted by Crippen LogP contribution is -2.50. The molecule has 0 bridgehead atoms. The summed E-state index contributed by atoms with van der Waals surface area (Å²) in [4.78, 5) is 14.3. The Labute approximate surface area is 114 Å². The fourth-order valence-corrected chi connectivity index (χ4v) is 2.61. The van der Waals surface area contributed by atoms with E-state index in [1.807, 2.05) is 6.07 Å². The van der Waals surface area contributed by atoms with E-state index in [2.05, 4.69) is 34.5 Å². The van der Waals surface area contributed by atoms with E-state index in [4.69, 9.17) is 5.73 Å². The summed E-state index contributed by atoms with van der Waals surface area (Å²) in [6, 6.07) is 10.7. The highest BCUT2D eigenvalue weighted by Crippen LogP contribution is 2.32. The van der Waals surface area contributed by atoms with Crippen LogP contribution in [0.1, 0.15) is 25.7 Å². The van der Waals surface area contributed by atoms with Gasteiger partial charge in [-0.15, -0.1) is 0 Å². The smallest absolute Gasteiger partial charge is 0.240 e. The van der Waals surface area contributed by atoms with Gasteiger partial charge in [0.15, 0.2) is 0 Å². The number of amides is 1. The van der Waals surface area contributed by atoms with Crippen LogP contribution in [0, 0.1) is 0 Å². The number of carbonyl (C=O) groups excluding carboxylic acids is 1. The van der Waals surface area contributed by atoms with Crippen LogP contribution in [0.15, 0.2) is 30.3 Å². The zero-order chi connectivity index (χ0) is 13.3. The number of nitrogens with one attached hydrogen (secondary N) is 1. The molecule has 3 N–H and O–H groups in total. The number of nitrogens with zero attached hydrogens (tertiary/aromatic N) is 1. The van der Waals surface area contributed by atoms with Gasteiger partial charge in [0, 0.05) is 24.8 Å². The lowest BCUT2D eigenvalue weighted by molar-refractivity contribution is -0.124. The fraction of sp³-hybridized carbons (Fsp3) is 0.533. The van der Waals surface area contributed by atoms with Crippen LogP contribution in [0.4, 0.5) is 5.69 Å². The molecule has 0 aromatic heterocycles. The molecule has 1 saturated heterocycles. The monoisotopic (exact) mass is 259 g/mol. The van der Waals surface area contributed by atoms with E-state index in [0.29, 0.717) is 0 Å². The van der Waals surface area contributed by atoms with Crippen LogP contribution in [-0.4, -0.2) is 30.6 Å². The van der Waals surface area contributed by atoms with Gasteiger partial charge in [-0.05, 0) is 37.8 Å². The first kappa shape index (κ1) is 12.5. The topological polar surface area (TPSA) is 58.4 Å². The minimum atomic E-state index is -0.545. The molecule has 1 aliphatic heterocycles. The Hall–Kier alpha value is -1.55. The van der Waals surface area contributed by atoms with Crippen LogP contribution in [0.2, 0.25) is 0 Å². The van der Waals surface area contributed by atoms with E-state index >= 15 is 0 Å². The molecular weight excluding hydrogens is 238 g/mol. The molecule has 4 heteroatoms. The summed E-state index contributed by atoms with van der Waals surface area (Å²) in [5.74, 6) is 0.0469. The van der Waals surface area contributed by atoms with Crippen LogP contribution in [0.25, 0.3) is 0 Å². The highest BCUT2D eigenvalue weighted by Gasteiger charge is 2.46. The molecule has 3 rings (SSSR count). The fourth-order valence-electron chi connectivity index (χ4n) is 2.61. The molecule has 1 aliphatic carbocycles. The highest BCUT2D eigenvalue weighted by molar-refractivity contribution is 5.89. The SMILES string of the molecule is NC1(C(=O)NC2CCN(c3ccccc3)CC2)CC1. The van der Waals surface area contributed by atoms with Crippen molar-refractivity contribution < 1.29 is 4.79 Å². The standard InChI is InChI=1S/C15H21N3O/c16-15(8-9-15)14(19)17-12-6-10-18(11-7-12)13-4-2-1-3-5-13/h1-5,12H,6-11,16H2,(H,17,19). The van der Waals surface area contributed by atoms with Gasteiger partial charge in [-0.3, -0.25) is 4.79 Å². The van der Waals surface area contributed by atoms with Crippen molar-refractivity contribution in [3.63, 3.8) is 0 Å². The van der Waals surface area contributed by atoms with Gasteiger partial charge in [0.25, 0.3) is 0 Å². The second-order valence-electron chi connectivity index (χ2n) is 5.73.